The second-order valence-electron chi connectivity index (χ2n) is 5.09. The van der Waals surface area contributed by atoms with Gasteiger partial charge in [-0.15, -0.1) is 0 Å². The summed E-state index contributed by atoms with van der Waals surface area (Å²) in [5.41, 5.74) is 1.33. The van der Waals surface area contributed by atoms with E-state index in [1.807, 2.05) is 0 Å². The summed E-state index contributed by atoms with van der Waals surface area (Å²) in [6, 6.07) is 1.76. The van der Waals surface area contributed by atoms with Gasteiger partial charge in [0.2, 0.25) is 0 Å². The predicted molar refractivity (Wildman–Crippen MR) is 56.7 cm³/mol. The number of piperidine rings is 1. The molecule has 0 N–H and O–H groups in total. The molecular formula is C12H21N. The molecule has 0 amide bonds. The van der Waals surface area contributed by atoms with Crippen molar-refractivity contribution < 1.29 is 0 Å². The van der Waals surface area contributed by atoms with Gasteiger partial charge in [-0.2, -0.15) is 0 Å². The van der Waals surface area contributed by atoms with E-state index in [4.69, 9.17) is 0 Å². The van der Waals surface area contributed by atoms with Gasteiger partial charge in [0.15, 0.2) is 0 Å². The SMILES string of the molecule is C=C(C)CN1C2CCC1CC(C)C2. The summed E-state index contributed by atoms with van der Waals surface area (Å²) in [5, 5.41) is 0. The number of hydrogen-bond donors (Lipinski definition) is 0. The molecule has 1 nitrogen and oxygen atoms in total. The Balaban J connectivity index is 2.02. The van der Waals surface area contributed by atoms with Gasteiger partial charge in [0, 0.05) is 18.6 Å². The van der Waals surface area contributed by atoms with Crippen LogP contribution in [0.5, 0.6) is 0 Å². The second-order valence-corrected chi connectivity index (χ2v) is 5.09. The summed E-state index contributed by atoms with van der Waals surface area (Å²) in [6.07, 6.45) is 5.71. The van der Waals surface area contributed by atoms with E-state index in [-0.39, 0.29) is 0 Å². The average Bonchev–Trinajstić information content (AvgIpc) is 2.32. The molecule has 2 unspecified atom stereocenters. The van der Waals surface area contributed by atoms with Crippen molar-refractivity contribution in [2.45, 2.75) is 51.6 Å². The minimum atomic E-state index is 0.880. The molecule has 0 aromatic heterocycles. The molecule has 74 valence electrons. The highest BCUT2D eigenvalue weighted by Gasteiger charge is 2.38. The monoisotopic (exact) mass is 179 g/mol. The molecule has 2 bridgehead atoms. The van der Waals surface area contributed by atoms with Crippen LogP contribution >= 0.6 is 0 Å². The third kappa shape index (κ3) is 1.80. The third-order valence-corrected chi connectivity index (χ3v) is 3.57. The van der Waals surface area contributed by atoms with Gasteiger partial charge in [0.1, 0.15) is 0 Å². The van der Waals surface area contributed by atoms with Gasteiger partial charge in [-0.25, -0.2) is 0 Å². The molecule has 13 heavy (non-hydrogen) atoms. The summed E-state index contributed by atoms with van der Waals surface area (Å²) in [7, 11) is 0. The van der Waals surface area contributed by atoms with E-state index >= 15 is 0 Å². The molecule has 2 saturated heterocycles. The molecule has 0 aliphatic carbocycles. The van der Waals surface area contributed by atoms with E-state index in [0.29, 0.717) is 0 Å². The first-order valence-corrected chi connectivity index (χ1v) is 5.57. The fraction of sp³-hybridized carbons (Fsp3) is 0.833. The molecule has 0 saturated carbocycles. The summed E-state index contributed by atoms with van der Waals surface area (Å²) in [4.78, 5) is 2.70. The molecule has 0 radical (unpaired) electrons. The lowest BCUT2D eigenvalue weighted by Gasteiger charge is -2.37. The van der Waals surface area contributed by atoms with Crippen LogP contribution in [0, 0.1) is 5.92 Å². The molecule has 2 atom stereocenters. The van der Waals surface area contributed by atoms with Gasteiger partial charge in [0.25, 0.3) is 0 Å². The maximum Gasteiger partial charge on any atom is 0.0193 e. The Labute approximate surface area is 81.8 Å². The van der Waals surface area contributed by atoms with Gasteiger partial charge in [-0.3, -0.25) is 4.90 Å². The summed E-state index contributed by atoms with van der Waals surface area (Å²) < 4.78 is 0. The topological polar surface area (TPSA) is 3.24 Å². The second kappa shape index (κ2) is 3.45. The van der Waals surface area contributed by atoms with Crippen LogP contribution in [0.1, 0.15) is 39.5 Å². The quantitative estimate of drug-likeness (QED) is 0.589. The minimum absolute atomic E-state index is 0.880. The Morgan fingerprint density at radius 2 is 1.85 bits per heavy atom. The van der Waals surface area contributed by atoms with E-state index in [0.717, 1.165) is 24.5 Å². The molecule has 2 aliphatic rings. The fourth-order valence-electron chi connectivity index (χ4n) is 3.12. The molecule has 2 fully saturated rings. The number of nitrogens with zero attached hydrogens (tertiary/aromatic N) is 1. The lowest BCUT2D eigenvalue weighted by Crippen LogP contribution is -2.42. The lowest BCUT2D eigenvalue weighted by atomic mass is 9.92. The lowest BCUT2D eigenvalue weighted by molar-refractivity contribution is 0.121. The zero-order chi connectivity index (χ0) is 9.42. The molecular weight excluding hydrogens is 158 g/mol. The molecule has 0 aromatic rings. The number of rotatable bonds is 2. The van der Waals surface area contributed by atoms with Crippen molar-refractivity contribution in [3.05, 3.63) is 12.2 Å². The molecule has 1 heteroatoms. The van der Waals surface area contributed by atoms with Crippen molar-refractivity contribution in [1.82, 2.24) is 4.90 Å². The third-order valence-electron chi connectivity index (χ3n) is 3.57. The Morgan fingerprint density at radius 3 is 2.31 bits per heavy atom. The van der Waals surface area contributed by atoms with Crippen LogP contribution in [0.25, 0.3) is 0 Å². The van der Waals surface area contributed by atoms with Gasteiger partial charge in [0.05, 0.1) is 0 Å². The Hall–Kier alpha value is -0.300. The van der Waals surface area contributed by atoms with Crippen LogP contribution in [0.4, 0.5) is 0 Å². The van der Waals surface area contributed by atoms with Gasteiger partial charge < -0.3 is 0 Å². The predicted octanol–water partition coefficient (Wildman–Crippen LogP) is 2.83. The normalized spacial score (nSPS) is 39.4. The summed E-state index contributed by atoms with van der Waals surface area (Å²) >= 11 is 0. The maximum atomic E-state index is 4.02. The first-order chi connectivity index (χ1) is 6.16. The standard InChI is InChI=1S/C12H21N/c1-9(2)8-13-11-4-5-12(13)7-10(3)6-11/h10-12H,1,4-8H2,2-3H3. The van der Waals surface area contributed by atoms with Crippen LogP contribution in [-0.4, -0.2) is 23.5 Å². The Morgan fingerprint density at radius 1 is 1.31 bits per heavy atom. The number of fused-ring (bicyclic) bond motifs is 2. The summed E-state index contributed by atoms with van der Waals surface area (Å²) in [5.74, 6) is 0.957. The van der Waals surface area contributed by atoms with E-state index in [2.05, 4.69) is 25.3 Å². The van der Waals surface area contributed by atoms with E-state index in [9.17, 15) is 0 Å². The first-order valence-electron chi connectivity index (χ1n) is 5.57. The van der Waals surface area contributed by atoms with Crippen LogP contribution in [0.2, 0.25) is 0 Å². The first kappa shape index (κ1) is 9.26. The highest BCUT2D eigenvalue weighted by atomic mass is 15.2. The van der Waals surface area contributed by atoms with Crippen molar-refractivity contribution in [2.24, 2.45) is 5.92 Å². The summed E-state index contributed by atoms with van der Waals surface area (Å²) in [6.45, 7) is 9.72. The van der Waals surface area contributed by atoms with Crippen molar-refractivity contribution in [2.75, 3.05) is 6.54 Å². The molecule has 0 spiro atoms. The van der Waals surface area contributed by atoms with Gasteiger partial charge in [-0.1, -0.05) is 19.1 Å². The van der Waals surface area contributed by atoms with Crippen LogP contribution in [-0.2, 0) is 0 Å². The van der Waals surface area contributed by atoms with E-state index < -0.39 is 0 Å². The molecule has 2 aliphatic heterocycles. The van der Waals surface area contributed by atoms with Crippen LogP contribution < -0.4 is 0 Å². The Kier molecular flexibility index (Phi) is 2.46. The van der Waals surface area contributed by atoms with Crippen LogP contribution in [0.15, 0.2) is 12.2 Å². The van der Waals surface area contributed by atoms with E-state index in [1.54, 1.807) is 0 Å². The largest absolute Gasteiger partial charge is 0.294 e. The molecule has 2 rings (SSSR count). The maximum absolute atomic E-state index is 4.02. The smallest absolute Gasteiger partial charge is 0.0193 e. The average molecular weight is 179 g/mol. The van der Waals surface area contributed by atoms with Gasteiger partial charge in [-0.05, 0) is 38.5 Å². The van der Waals surface area contributed by atoms with Crippen molar-refractivity contribution >= 4 is 0 Å². The fourth-order valence-corrected chi connectivity index (χ4v) is 3.12. The zero-order valence-electron chi connectivity index (χ0n) is 8.92. The highest BCUT2D eigenvalue weighted by Crippen LogP contribution is 2.38. The zero-order valence-corrected chi connectivity index (χ0v) is 8.92. The molecule has 2 heterocycles. The van der Waals surface area contributed by atoms with Crippen LogP contribution in [0.3, 0.4) is 0 Å². The highest BCUT2D eigenvalue weighted by molar-refractivity contribution is 5.01. The van der Waals surface area contributed by atoms with Crippen molar-refractivity contribution in [3.63, 3.8) is 0 Å². The minimum Gasteiger partial charge on any atom is -0.294 e. The number of hydrogen-bond acceptors (Lipinski definition) is 1. The van der Waals surface area contributed by atoms with Crippen molar-refractivity contribution in [1.29, 1.82) is 0 Å². The van der Waals surface area contributed by atoms with E-state index in [1.165, 1.54) is 31.3 Å². The molecule has 0 aromatic carbocycles. The van der Waals surface area contributed by atoms with Crippen molar-refractivity contribution in [3.8, 4) is 0 Å². The van der Waals surface area contributed by atoms with Gasteiger partial charge >= 0.3 is 0 Å². The Bertz CT molecular complexity index is 195.